The predicted octanol–water partition coefficient (Wildman–Crippen LogP) is 3.36. The molecule has 0 aromatic heterocycles. The van der Waals surface area contributed by atoms with E-state index < -0.39 is 0 Å². The zero-order valence-electron chi connectivity index (χ0n) is 6.99. The van der Waals surface area contributed by atoms with Gasteiger partial charge < -0.3 is 5.32 Å². The van der Waals surface area contributed by atoms with Gasteiger partial charge in [0.25, 0.3) is 0 Å². The molecule has 13 heavy (non-hydrogen) atoms. The Labute approximate surface area is 84.3 Å². The van der Waals surface area contributed by atoms with E-state index in [1.165, 1.54) is 12.1 Å². The number of halogens is 3. The molecular formula is C9H10BrF2N. The molecule has 0 saturated carbocycles. The van der Waals surface area contributed by atoms with Crippen molar-refractivity contribution in [2.24, 2.45) is 0 Å². The van der Waals surface area contributed by atoms with Gasteiger partial charge in [0.2, 0.25) is 0 Å². The first-order valence-electron chi connectivity index (χ1n) is 3.99. The highest BCUT2D eigenvalue weighted by molar-refractivity contribution is 9.10. The van der Waals surface area contributed by atoms with Crippen LogP contribution in [0.3, 0.4) is 0 Å². The fourth-order valence-corrected chi connectivity index (χ4v) is 1.31. The van der Waals surface area contributed by atoms with Crippen LogP contribution in [0.15, 0.2) is 22.7 Å². The Morgan fingerprint density at radius 1 is 1.38 bits per heavy atom. The Kier molecular flexibility index (Phi) is 4.15. The molecule has 0 radical (unpaired) electrons. The molecule has 1 nitrogen and oxygen atoms in total. The van der Waals surface area contributed by atoms with E-state index in [2.05, 4.69) is 21.2 Å². The number of rotatable bonds is 4. The molecule has 0 unspecified atom stereocenters. The Balaban J connectivity index is 2.59. The standard InChI is InChI=1S/C9H10BrF2N/c10-8-3-2-7(12)6-9(8)13-5-1-4-11/h2-3,6,13H,1,4-5H2. The maximum Gasteiger partial charge on any atom is 0.125 e. The summed E-state index contributed by atoms with van der Waals surface area (Å²) in [7, 11) is 0. The molecule has 1 N–H and O–H groups in total. The summed E-state index contributed by atoms with van der Waals surface area (Å²) in [6, 6.07) is 4.36. The molecule has 0 fully saturated rings. The summed E-state index contributed by atoms with van der Waals surface area (Å²) >= 11 is 3.26. The lowest BCUT2D eigenvalue weighted by Gasteiger charge is -2.06. The van der Waals surface area contributed by atoms with Crippen LogP contribution in [-0.2, 0) is 0 Å². The van der Waals surface area contributed by atoms with Crippen molar-refractivity contribution in [1.82, 2.24) is 0 Å². The van der Waals surface area contributed by atoms with Crippen LogP contribution in [0.25, 0.3) is 0 Å². The van der Waals surface area contributed by atoms with Gasteiger partial charge in [-0.1, -0.05) is 0 Å². The van der Waals surface area contributed by atoms with Crippen LogP contribution >= 0.6 is 15.9 Å². The van der Waals surface area contributed by atoms with Crippen molar-refractivity contribution in [3.05, 3.63) is 28.5 Å². The first-order valence-corrected chi connectivity index (χ1v) is 4.78. The summed E-state index contributed by atoms with van der Waals surface area (Å²) in [6.45, 7) is 0.151. The summed E-state index contributed by atoms with van der Waals surface area (Å²) in [5.41, 5.74) is 0.661. The number of nitrogens with one attached hydrogen (secondary N) is 1. The molecule has 72 valence electrons. The second-order valence-corrected chi connectivity index (χ2v) is 3.45. The van der Waals surface area contributed by atoms with Crippen LogP contribution in [0.4, 0.5) is 14.5 Å². The third kappa shape index (κ3) is 3.30. The maximum atomic E-state index is 12.7. The summed E-state index contributed by atoms with van der Waals surface area (Å²) in [4.78, 5) is 0. The Bertz CT molecular complexity index is 278. The second kappa shape index (κ2) is 5.17. The molecule has 1 rings (SSSR count). The van der Waals surface area contributed by atoms with Crippen LogP contribution < -0.4 is 5.32 Å². The fraction of sp³-hybridized carbons (Fsp3) is 0.333. The molecule has 0 saturated heterocycles. The van der Waals surface area contributed by atoms with Gasteiger partial charge in [-0.2, -0.15) is 0 Å². The lowest BCUT2D eigenvalue weighted by atomic mass is 10.3. The maximum absolute atomic E-state index is 12.7. The lowest BCUT2D eigenvalue weighted by Crippen LogP contribution is -2.02. The molecule has 4 heteroatoms. The van der Waals surface area contributed by atoms with Crippen molar-refractivity contribution >= 4 is 21.6 Å². The van der Waals surface area contributed by atoms with E-state index in [0.29, 0.717) is 18.7 Å². The Hall–Kier alpha value is -0.640. The first kappa shape index (κ1) is 10.4. The molecule has 0 amide bonds. The molecule has 0 aliphatic rings. The van der Waals surface area contributed by atoms with Gasteiger partial charge in [0, 0.05) is 11.0 Å². The summed E-state index contributed by atoms with van der Waals surface area (Å²) in [6.07, 6.45) is 0.433. The third-order valence-corrected chi connectivity index (χ3v) is 2.25. The van der Waals surface area contributed by atoms with Crippen LogP contribution in [-0.4, -0.2) is 13.2 Å². The third-order valence-electron chi connectivity index (χ3n) is 1.55. The van der Waals surface area contributed by atoms with Crippen molar-refractivity contribution in [3.63, 3.8) is 0 Å². The van der Waals surface area contributed by atoms with E-state index in [-0.39, 0.29) is 12.5 Å². The number of hydrogen-bond donors (Lipinski definition) is 1. The van der Waals surface area contributed by atoms with Gasteiger partial charge >= 0.3 is 0 Å². The highest BCUT2D eigenvalue weighted by atomic mass is 79.9. The Morgan fingerprint density at radius 3 is 2.85 bits per heavy atom. The van der Waals surface area contributed by atoms with Crippen molar-refractivity contribution in [2.75, 3.05) is 18.5 Å². The lowest BCUT2D eigenvalue weighted by molar-refractivity contribution is 0.481. The van der Waals surface area contributed by atoms with Gasteiger partial charge in [-0.25, -0.2) is 4.39 Å². The number of anilines is 1. The first-order chi connectivity index (χ1) is 6.24. The molecule has 0 atom stereocenters. The molecule has 0 spiro atoms. The van der Waals surface area contributed by atoms with Crippen LogP contribution in [0, 0.1) is 5.82 Å². The topological polar surface area (TPSA) is 12.0 Å². The normalized spacial score (nSPS) is 10.1. The van der Waals surface area contributed by atoms with Gasteiger partial charge in [0.1, 0.15) is 5.82 Å². The van der Waals surface area contributed by atoms with Gasteiger partial charge in [0.05, 0.1) is 12.4 Å². The van der Waals surface area contributed by atoms with Crippen molar-refractivity contribution < 1.29 is 8.78 Å². The zero-order chi connectivity index (χ0) is 9.68. The molecular weight excluding hydrogens is 240 g/mol. The number of alkyl halides is 1. The van der Waals surface area contributed by atoms with Gasteiger partial charge in [-0.15, -0.1) is 0 Å². The van der Waals surface area contributed by atoms with Crippen LogP contribution in [0.2, 0.25) is 0 Å². The largest absolute Gasteiger partial charge is 0.384 e. The van der Waals surface area contributed by atoms with Gasteiger partial charge in [-0.3, -0.25) is 4.39 Å². The monoisotopic (exact) mass is 249 g/mol. The van der Waals surface area contributed by atoms with E-state index in [0.717, 1.165) is 4.47 Å². The quantitative estimate of drug-likeness (QED) is 0.808. The molecule has 1 aromatic carbocycles. The zero-order valence-corrected chi connectivity index (χ0v) is 8.57. The van der Waals surface area contributed by atoms with E-state index in [1.54, 1.807) is 6.07 Å². The van der Waals surface area contributed by atoms with E-state index >= 15 is 0 Å². The second-order valence-electron chi connectivity index (χ2n) is 2.59. The minimum Gasteiger partial charge on any atom is -0.384 e. The van der Waals surface area contributed by atoms with Crippen LogP contribution in [0.1, 0.15) is 6.42 Å². The average molecular weight is 250 g/mol. The van der Waals surface area contributed by atoms with Crippen molar-refractivity contribution in [1.29, 1.82) is 0 Å². The molecule has 0 bridgehead atoms. The summed E-state index contributed by atoms with van der Waals surface area (Å²) in [5.74, 6) is -0.300. The van der Waals surface area contributed by atoms with E-state index in [9.17, 15) is 8.78 Å². The fourth-order valence-electron chi connectivity index (χ4n) is 0.923. The SMILES string of the molecule is FCCCNc1cc(F)ccc1Br. The molecule has 0 aliphatic heterocycles. The number of benzene rings is 1. The highest BCUT2D eigenvalue weighted by Gasteiger charge is 1.99. The van der Waals surface area contributed by atoms with Gasteiger partial charge in [0.15, 0.2) is 0 Å². The summed E-state index contributed by atoms with van der Waals surface area (Å²) in [5, 5.41) is 2.93. The number of hydrogen-bond acceptors (Lipinski definition) is 1. The molecule has 0 aliphatic carbocycles. The van der Waals surface area contributed by atoms with E-state index in [4.69, 9.17) is 0 Å². The average Bonchev–Trinajstić information content (AvgIpc) is 2.11. The minimum atomic E-state index is -0.361. The minimum absolute atomic E-state index is 0.300. The molecule has 1 aromatic rings. The van der Waals surface area contributed by atoms with Crippen LogP contribution in [0.5, 0.6) is 0 Å². The van der Waals surface area contributed by atoms with E-state index in [1.807, 2.05) is 0 Å². The molecule has 0 heterocycles. The summed E-state index contributed by atoms with van der Waals surface area (Å²) < 4.78 is 25.3. The smallest absolute Gasteiger partial charge is 0.125 e. The highest BCUT2D eigenvalue weighted by Crippen LogP contribution is 2.22. The van der Waals surface area contributed by atoms with Crippen molar-refractivity contribution in [2.45, 2.75) is 6.42 Å². The Morgan fingerprint density at radius 2 is 2.15 bits per heavy atom. The predicted molar refractivity (Wildman–Crippen MR) is 53.2 cm³/mol. The van der Waals surface area contributed by atoms with Crippen molar-refractivity contribution in [3.8, 4) is 0 Å². The van der Waals surface area contributed by atoms with Gasteiger partial charge in [-0.05, 0) is 40.5 Å².